The van der Waals surface area contributed by atoms with E-state index < -0.39 is 6.04 Å². The van der Waals surface area contributed by atoms with Gasteiger partial charge in [0, 0.05) is 24.5 Å². The molecule has 1 fully saturated rings. The van der Waals surface area contributed by atoms with Gasteiger partial charge in [0.05, 0.1) is 0 Å². The maximum Gasteiger partial charge on any atom is 0.245 e. The van der Waals surface area contributed by atoms with E-state index in [1.165, 1.54) is 5.56 Å². The Hall–Kier alpha value is -1.81. The molecule has 0 aromatic heterocycles. The van der Waals surface area contributed by atoms with Crippen LogP contribution in [-0.2, 0) is 9.59 Å². The fraction of sp³-hybridized carbons (Fsp3) is 0.583. The Morgan fingerprint density at radius 2 is 1.79 bits per heavy atom. The van der Waals surface area contributed by atoms with E-state index in [1.54, 1.807) is 0 Å². The van der Waals surface area contributed by atoms with Crippen molar-refractivity contribution in [3.63, 3.8) is 0 Å². The zero-order chi connectivity index (χ0) is 20.1. The lowest BCUT2D eigenvalue weighted by molar-refractivity contribution is -0.138. The van der Waals surface area contributed by atoms with E-state index in [0.717, 1.165) is 43.8 Å². The van der Waals surface area contributed by atoms with Gasteiger partial charge in [-0.15, -0.1) is 0 Å². The summed E-state index contributed by atoms with van der Waals surface area (Å²) < 4.78 is 0. The van der Waals surface area contributed by atoms with Crippen LogP contribution in [0.25, 0.3) is 0 Å². The number of hydrogen-bond donors (Lipinski definition) is 1. The van der Waals surface area contributed by atoms with E-state index in [-0.39, 0.29) is 25.2 Å². The molecule has 2 amide bonds. The Balaban J connectivity index is 0.00000300. The molecule has 0 radical (unpaired) electrons. The molecule has 160 valence electrons. The van der Waals surface area contributed by atoms with E-state index in [4.69, 9.17) is 11.6 Å². The van der Waals surface area contributed by atoms with E-state index in [9.17, 15) is 9.59 Å². The normalized spacial score (nSPS) is 20.4. The van der Waals surface area contributed by atoms with Gasteiger partial charge < -0.3 is 10.2 Å². The Morgan fingerprint density at radius 3 is 2.34 bits per heavy atom. The molecular formula is C24H35ClN2O2. The number of allylic oxidation sites excluding steroid dienone is 2. The summed E-state index contributed by atoms with van der Waals surface area (Å²) in [7, 11) is 0. The number of piperidine rings is 1. The molecule has 3 rings (SSSR count). The molecule has 0 spiro atoms. The monoisotopic (exact) mass is 418 g/mol. The van der Waals surface area contributed by atoms with Crippen molar-refractivity contribution < 1.29 is 9.59 Å². The third-order valence-corrected chi connectivity index (χ3v) is 6.21. The summed E-state index contributed by atoms with van der Waals surface area (Å²) in [5.74, 6) is 0.893. The van der Waals surface area contributed by atoms with Crippen LogP contribution in [0, 0.1) is 11.8 Å². The molecule has 1 aliphatic carbocycles. The first-order valence-corrected chi connectivity index (χ1v) is 10.8. The number of rotatable bonds is 6. The average molecular weight is 419 g/mol. The van der Waals surface area contributed by atoms with Crippen LogP contribution in [0.15, 0.2) is 36.4 Å². The van der Waals surface area contributed by atoms with Crippen LogP contribution in [0.1, 0.15) is 64.9 Å². The SMILES string of the molecule is C.CC(C)[C@@H](NC(=O)CC1C=CCC1)C(=O)N1CCC(c2ccc(Cl)cc2)CC1. The fourth-order valence-electron chi connectivity index (χ4n) is 4.21. The van der Waals surface area contributed by atoms with Gasteiger partial charge >= 0.3 is 0 Å². The van der Waals surface area contributed by atoms with E-state index in [2.05, 4.69) is 29.6 Å². The molecule has 0 saturated carbocycles. The highest BCUT2D eigenvalue weighted by molar-refractivity contribution is 6.30. The molecule has 4 nitrogen and oxygen atoms in total. The fourth-order valence-corrected chi connectivity index (χ4v) is 4.34. The quantitative estimate of drug-likeness (QED) is 0.647. The number of hydrogen-bond acceptors (Lipinski definition) is 2. The minimum atomic E-state index is -0.440. The first-order chi connectivity index (χ1) is 13.4. The summed E-state index contributed by atoms with van der Waals surface area (Å²) in [4.78, 5) is 27.4. The Labute approximate surface area is 180 Å². The number of nitrogens with zero attached hydrogens (tertiary/aromatic N) is 1. The highest BCUT2D eigenvalue weighted by Gasteiger charge is 2.31. The minimum Gasteiger partial charge on any atom is -0.344 e. The Morgan fingerprint density at radius 1 is 1.14 bits per heavy atom. The first kappa shape index (κ1) is 23.5. The second kappa shape index (κ2) is 10.8. The topological polar surface area (TPSA) is 49.4 Å². The lowest BCUT2D eigenvalue weighted by Gasteiger charge is -2.35. The van der Waals surface area contributed by atoms with Crippen LogP contribution in [0.4, 0.5) is 0 Å². The van der Waals surface area contributed by atoms with Crippen molar-refractivity contribution in [3.05, 3.63) is 47.0 Å². The highest BCUT2D eigenvalue weighted by atomic mass is 35.5. The summed E-state index contributed by atoms with van der Waals surface area (Å²) in [6.07, 6.45) is 8.70. The van der Waals surface area contributed by atoms with Crippen LogP contribution in [-0.4, -0.2) is 35.8 Å². The predicted octanol–water partition coefficient (Wildman–Crippen LogP) is 5.18. The van der Waals surface area contributed by atoms with Gasteiger partial charge in [0.25, 0.3) is 0 Å². The highest BCUT2D eigenvalue weighted by Crippen LogP contribution is 2.29. The van der Waals surface area contributed by atoms with Crippen molar-refractivity contribution in [2.45, 2.75) is 65.3 Å². The standard InChI is InChI=1S/C23H31ClN2O2.CH4/c1-16(2)22(25-21(27)15-17-5-3-4-6-17)23(28)26-13-11-19(12-14-26)18-7-9-20(24)10-8-18;/h3,5,7-10,16-17,19,22H,4,6,11-15H2,1-2H3,(H,25,27);1H4/t17?,22-;/m1./s1. The third-order valence-electron chi connectivity index (χ3n) is 5.96. The van der Waals surface area contributed by atoms with Crippen LogP contribution in [0.3, 0.4) is 0 Å². The molecule has 29 heavy (non-hydrogen) atoms. The van der Waals surface area contributed by atoms with Crippen LogP contribution >= 0.6 is 11.6 Å². The maximum absolute atomic E-state index is 13.1. The second-order valence-corrected chi connectivity index (χ2v) is 8.85. The molecular weight excluding hydrogens is 384 g/mol. The van der Waals surface area contributed by atoms with Crippen molar-refractivity contribution in [1.82, 2.24) is 10.2 Å². The molecule has 1 unspecified atom stereocenters. The van der Waals surface area contributed by atoms with Gasteiger partial charge in [0.1, 0.15) is 6.04 Å². The summed E-state index contributed by atoms with van der Waals surface area (Å²) >= 11 is 5.98. The molecule has 2 atom stereocenters. The maximum atomic E-state index is 13.1. The van der Waals surface area contributed by atoms with Crippen LogP contribution in [0.2, 0.25) is 5.02 Å². The molecule has 1 heterocycles. The lowest BCUT2D eigenvalue weighted by atomic mass is 9.89. The van der Waals surface area contributed by atoms with Gasteiger partial charge in [-0.3, -0.25) is 9.59 Å². The molecule has 1 saturated heterocycles. The van der Waals surface area contributed by atoms with Gasteiger partial charge in [-0.2, -0.15) is 0 Å². The van der Waals surface area contributed by atoms with Gasteiger partial charge in [-0.1, -0.05) is 57.2 Å². The smallest absolute Gasteiger partial charge is 0.245 e. The number of amides is 2. The van der Waals surface area contributed by atoms with E-state index >= 15 is 0 Å². The molecule has 1 aromatic rings. The molecule has 1 aromatic carbocycles. The lowest BCUT2D eigenvalue weighted by Crippen LogP contribution is -2.53. The Kier molecular flexibility index (Phi) is 8.76. The zero-order valence-electron chi connectivity index (χ0n) is 16.9. The molecule has 0 bridgehead atoms. The van der Waals surface area contributed by atoms with Crippen molar-refractivity contribution in [3.8, 4) is 0 Å². The summed E-state index contributed by atoms with van der Waals surface area (Å²) in [6.45, 7) is 5.46. The Bertz CT molecular complexity index is 706. The average Bonchev–Trinajstić information content (AvgIpc) is 3.19. The summed E-state index contributed by atoms with van der Waals surface area (Å²) in [5.41, 5.74) is 1.29. The molecule has 1 N–H and O–H groups in total. The van der Waals surface area contributed by atoms with Crippen molar-refractivity contribution in [1.29, 1.82) is 0 Å². The van der Waals surface area contributed by atoms with E-state index in [1.807, 2.05) is 30.9 Å². The number of likely N-dealkylation sites (tertiary alicyclic amines) is 1. The van der Waals surface area contributed by atoms with E-state index in [0.29, 0.717) is 18.3 Å². The number of nitrogens with one attached hydrogen (secondary N) is 1. The second-order valence-electron chi connectivity index (χ2n) is 8.41. The zero-order valence-corrected chi connectivity index (χ0v) is 17.6. The summed E-state index contributed by atoms with van der Waals surface area (Å²) in [5, 5.41) is 3.76. The number of carbonyl (C=O) groups excluding carboxylic acids is 2. The van der Waals surface area contributed by atoms with Gasteiger partial charge in [-0.05, 0) is 61.1 Å². The molecule has 5 heteroatoms. The van der Waals surface area contributed by atoms with Crippen molar-refractivity contribution >= 4 is 23.4 Å². The number of halogens is 1. The first-order valence-electron chi connectivity index (χ1n) is 10.4. The third kappa shape index (κ3) is 6.33. The molecule has 1 aliphatic heterocycles. The van der Waals surface area contributed by atoms with Crippen molar-refractivity contribution in [2.75, 3.05) is 13.1 Å². The minimum absolute atomic E-state index is 0. The van der Waals surface area contributed by atoms with Crippen molar-refractivity contribution in [2.24, 2.45) is 11.8 Å². The van der Waals surface area contributed by atoms with Gasteiger partial charge in [0.2, 0.25) is 11.8 Å². The number of carbonyl (C=O) groups is 2. The largest absolute Gasteiger partial charge is 0.344 e. The predicted molar refractivity (Wildman–Crippen MR) is 120 cm³/mol. The number of benzene rings is 1. The van der Waals surface area contributed by atoms with Crippen LogP contribution in [0.5, 0.6) is 0 Å². The van der Waals surface area contributed by atoms with Gasteiger partial charge in [0.15, 0.2) is 0 Å². The molecule has 2 aliphatic rings. The van der Waals surface area contributed by atoms with Crippen LogP contribution < -0.4 is 5.32 Å². The summed E-state index contributed by atoms with van der Waals surface area (Å²) in [6, 6.07) is 7.58. The van der Waals surface area contributed by atoms with Gasteiger partial charge in [-0.25, -0.2) is 0 Å².